The van der Waals surface area contributed by atoms with Crippen LogP contribution in [0.1, 0.15) is 25.0 Å². The van der Waals surface area contributed by atoms with Crippen LogP contribution in [0.15, 0.2) is 60.4 Å². The van der Waals surface area contributed by atoms with E-state index in [4.69, 9.17) is 28.4 Å². The lowest BCUT2D eigenvalue weighted by Crippen LogP contribution is -2.40. The lowest BCUT2D eigenvalue weighted by molar-refractivity contribution is -0.176. The van der Waals surface area contributed by atoms with Crippen molar-refractivity contribution in [1.29, 1.82) is 0 Å². The average molecular weight is 509 g/mol. The molecule has 3 aromatic carbocycles. The molecule has 0 radical (unpaired) electrons. The molecule has 2 fully saturated rings. The molecule has 8 nitrogen and oxygen atoms in total. The van der Waals surface area contributed by atoms with Crippen LogP contribution in [0.25, 0.3) is 16.3 Å². The van der Waals surface area contributed by atoms with E-state index >= 15 is 0 Å². The Hall–Kier alpha value is -3.30. The Kier molecular flexibility index (Phi) is 6.76. The van der Waals surface area contributed by atoms with Crippen LogP contribution in [-0.2, 0) is 14.2 Å². The smallest absolute Gasteiger partial charge is 0.203 e. The quantitative estimate of drug-likeness (QED) is 0.496. The predicted octanol–water partition coefficient (Wildman–Crippen LogP) is 3.90. The van der Waals surface area contributed by atoms with Crippen LogP contribution < -0.4 is 14.2 Å². The first-order chi connectivity index (χ1) is 17.8. The summed E-state index contributed by atoms with van der Waals surface area (Å²) in [5, 5.41) is 22.5. The highest BCUT2D eigenvalue weighted by atomic mass is 16.8. The third-order valence-electron chi connectivity index (χ3n) is 6.78. The highest BCUT2D eigenvalue weighted by molar-refractivity contribution is 5.91. The molecule has 4 atom stereocenters. The second-order valence-electron chi connectivity index (χ2n) is 9.57. The molecule has 2 heterocycles. The van der Waals surface area contributed by atoms with Gasteiger partial charge in [0.15, 0.2) is 23.4 Å². The minimum Gasteiger partial charge on any atom is -0.493 e. The Bertz CT molecular complexity index is 1310. The zero-order valence-corrected chi connectivity index (χ0v) is 21.6. The molecule has 0 aliphatic carbocycles. The fourth-order valence-electron chi connectivity index (χ4n) is 5.14. The van der Waals surface area contributed by atoms with Gasteiger partial charge in [-0.15, -0.1) is 0 Å². The van der Waals surface area contributed by atoms with E-state index in [0.717, 1.165) is 27.5 Å². The van der Waals surface area contributed by atoms with Crippen molar-refractivity contribution in [1.82, 2.24) is 0 Å². The highest BCUT2D eigenvalue weighted by Crippen LogP contribution is 2.48. The van der Waals surface area contributed by atoms with E-state index in [2.05, 4.69) is 12.1 Å². The van der Waals surface area contributed by atoms with Gasteiger partial charge in [0.05, 0.1) is 27.9 Å². The summed E-state index contributed by atoms with van der Waals surface area (Å²) in [6, 6.07) is 17.9. The molecule has 3 aromatic rings. The van der Waals surface area contributed by atoms with Gasteiger partial charge in [0.2, 0.25) is 5.75 Å². The molecule has 2 aliphatic rings. The first kappa shape index (κ1) is 25.4. The summed E-state index contributed by atoms with van der Waals surface area (Å²) in [4.78, 5) is 0. The van der Waals surface area contributed by atoms with E-state index in [0.29, 0.717) is 23.0 Å². The van der Waals surface area contributed by atoms with E-state index in [1.165, 1.54) is 0 Å². The van der Waals surface area contributed by atoms with Gasteiger partial charge in [0.25, 0.3) is 0 Å². The maximum absolute atomic E-state index is 10.6. The molecule has 0 bridgehead atoms. The van der Waals surface area contributed by atoms with Crippen LogP contribution in [0.5, 0.6) is 17.2 Å². The van der Waals surface area contributed by atoms with Crippen LogP contribution in [0.2, 0.25) is 0 Å². The summed E-state index contributed by atoms with van der Waals surface area (Å²) in [6.07, 6.45) is -3.18. The average Bonchev–Trinajstić information content (AvgIpc) is 3.40. The van der Waals surface area contributed by atoms with E-state index in [1.54, 1.807) is 21.3 Å². The minimum atomic E-state index is -1.15. The summed E-state index contributed by atoms with van der Waals surface area (Å²) in [5.74, 6) is 1.04. The summed E-state index contributed by atoms with van der Waals surface area (Å²) < 4.78 is 35.6. The minimum absolute atomic E-state index is 0.469. The van der Waals surface area contributed by atoms with Crippen LogP contribution in [0.4, 0.5) is 0 Å². The van der Waals surface area contributed by atoms with Crippen molar-refractivity contribution >= 4 is 16.3 Å². The number of aliphatic hydroxyl groups is 2. The molecular formula is C29H32O8. The predicted molar refractivity (Wildman–Crippen MR) is 138 cm³/mol. The summed E-state index contributed by atoms with van der Waals surface area (Å²) in [7, 11) is 4.69. The van der Waals surface area contributed by atoms with Gasteiger partial charge in [-0.05, 0) is 53.9 Å². The number of hydrogen-bond donors (Lipinski definition) is 2. The van der Waals surface area contributed by atoms with E-state index in [-0.39, 0.29) is 0 Å². The van der Waals surface area contributed by atoms with Gasteiger partial charge in [-0.1, -0.05) is 36.4 Å². The molecule has 8 heteroatoms. The maximum Gasteiger partial charge on any atom is 0.203 e. The zero-order valence-electron chi connectivity index (χ0n) is 21.6. The van der Waals surface area contributed by atoms with Crippen LogP contribution in [-0.4, -0.2) is 68.4 Å². The van der Waals surface area contributed by atoms with Crippen molar-refractivity contribution in [3.05, 3.63) is 71.5 Å². The molecule has 0 amide bonds. The molecule has 2 aliphatic heterocycles. The summed E-state index contributed by atoms with van der Waals surface area (Å²) >= 11 is 0. The molecule has 0 unspecified atom stereocenters. The van der Waals surface area contributed by atoms with Gasteiger partial charge >= 0.3 is 0 Å². The van der Waals surface area contributed by atoms with Gasteiger partial charge in [0, 0.05) is 5.57 Å². The van der Waals surface area contributed by atoms with Crippen molar-refractivity contribution in [3.8, 4) is 17.2 Å². The van der Waals surface area contributed by atoms with Crippen molar-refractivity contribution in [2.75, 3.05) is 27.9 Å². The fraction of sp³-hybridized carbons (Fsp3) is 0.379. The number of fused-ring (bicyclic) bond motifs is 2. The Morgan fingerprint density at radius 1 is 0.892 bits per heavy atom. The van der Waals surface area contributed by atoms with E-state index in [9.17, 15) is 10.2 Å². The normalized spacial score (nSPS) is 24.4. The van der Waals surface area contributed by atoms with E-state index in [1.807, 2.05) is 56.3 Å². The molecule has 196 valence electrons. The maximum atomic E-state index is 10.6. The molecule has 0 saturated carbocycles. The third kappa shape index (κ3) is 4.51. The molecule has 5 rings (SSSR count). The standard InChI is InChI=1S/C29H32O8/c1-29(2)36-27-24(20(31)15-30)35-26(28(27)37-29)23(18-11-10-16-8-6-7-9-17(16)12-18)19-13-21(32-3)25(34-5)22(14-19)33-4/h6-14,20,24,27-28,30-31H,15H2,1-5H3/b26-23+/t20-,24+,27-,28+/m1/s1. The first-order valence-corrected chi connectivity index (χ1v) is 12.1. The van der Waals surface area contributed by atoms with E-state index < -0.39 is 36.8 Å². The van der Waals surface area contributed by atoms with Crippen LogP contribution >= 0.6 is 0 Å². The lowest BCUT2D eigenvalue weighted by atomic mass is 9.92. The molecule has 0 aromatic heterocycles. The third-order valence-corrected chi connectivity index (χ3v) is 6.78. The van der Waals surface area contributed by atoms with Crippen molar-refractivity contribution in [3.63, 3.8) is 0 Å². The second kappa shape index (κ2) is 9.87. The molecule has 2 N–H and O–H groups in total. The van der Waals surface area contributed by atoms with Gasteiger partial charge < -0.3 is 38.6 Å². The fourth-order valence-corrected chi connectivity index (χ4v) is 5.14. The summed E-state index contributed by atoms with van der Waals surface area (Å²) in [6.45, 7) is 3.17. The Labute approximate surface area is 215 Å². The van der Waals surface area contributed by atoms with Gasteiger partial charge in [-0.2, -0.15) is 0 Å². The number of methoxy groups -OCH3 is 3. The number of benzene rings is 3. The molecule has 2 saturated heterocycles. The molecule has 0 spiro atoms. The lowest BCUT2D eigenvalue weighted by Gasteiger charge is -2.25. The van der Waals surface area contributed by atoms with Crippen LogP contribution in [0, 0.1) is 0 Å². The Morgan fingerprint density at radius 3 is 2.19 bits per heavy atom. The van der Waals surface area contributed by atoms with Gasteiger partial charge in [-0.3, -0.25) is 0 Å². The molecule has 37 heavy (non-hydrogen) atoms. The number of aliphatic hydroxyl groups excluding tert-OH is 2. The second-order valence-corrected chi connectivity index (χ2v) is 9.57. The Balaban J connectivity index is 1.78. The monoisotopic (exact) mass is 508 g/mol. The largest absolute Gasteiger partial charge is 0.493 e. The van der Waals surface area contributed by atoms with Gasteiger partial charge in [0.1, 0.15) is 24.1 Å². The SMILES string of the molecule is COc1cc(/C(=C2/O[C@@H]([C@H](O)CO)[C@H]3OC(C)(C)O[C@@H]23)c2ccc3ccccc3c2)cc(OC)c1OC. The highest BCUT2D eigenvalue weighted by Gasteiger charge is 2.56. The Morgan fingerprint density at radius 2 is 1.57 bits per heavy atom. The van der Waals surface area contributed by atoms with Crippen molar-refractivity contribution in [2.45, 2.75) is 44.1 Å². The summed E-state index contributed by atoms with van der Waals surface area (Å²) in [5.41, 5.74) is 2.34. The first-order valence-electron chi connectivity index (χ1n) is 12.1. The number of rotatable bonds is 7. The van der Waals surface area contributed by atoms with Crippen LogP contribution in [0.3, 0.4) is 0 Å². The van der Waals surface area contributed by atoms with Gasteiger partial charge in [-0.25, -0.2) is 0 Å². The topological polar surface area (TPSA) is 95.8 Å². The number of hydrogen-bond acceptors (Lipinski definition) is 8. The van der Waals surface area contributed by atoms with Crippen molar-refractivity contribution < 1.29 is 38.6 Å². The van der Waals surface area contributed by atoms with Crippen molar-refractivity contribution in [2.24, 2.45) is 0 Å². The molecular weight excluding hydrogens is 476 g/mol. The number of ether oxygens (including phenoxy) is 6. The zero-order chi connectivity index (χ0) is 26.3.